The molecular weight excluding hydrogens is 456 g/mol. The average Bonchev–Trinajstić information content (AvgIpc) is 2.65. The number of aryl methyl sites for hydroxylation is 2. The minimum Gasteiger partial charge on any atom is -0.324 e. The normalized spacial score (nSPS) is 11.3. The third-order valence-electron chi connectivity index (χ3n) is 4.38. The lowest BCUT2D eigenvalue weighted by molar-refractivity contribution is -0.116. The van der Waals surface area contributed by atoms with Crippen molar-refractivity contribution in [3.63, 3.8) is 0 Å². The van der Waals surface area contributed by atoms with Crippen LogP contribution in [0.25, 0.3) is 0 Å². The fourth-order valence-electron chi connectivity index (χ4n) is 3.06. The number of hydrogen-bond acceptors (Lipinski definition) is 4. The van der Waals surface area contributed by atoms with E-state index in [0.717, 1.165) is 4.47 Å². The Morgan fingerprint density at radius 2 is 1.72 bits per heavy atom. The molecule has 0 fully saturated rings. The van der Waals surface area contributed by atoms with E-state index < -0.39 is 21.3 Å². The molecule has 3 rings (SSSR count). The number of anilines is 1. The van der Waals surface area contributed by atoms with Gasteiger partial charge in [0.25, 0.3) is 5.56 Å². The molecule has 0 unspecified atom stereocenters. The zero-order valence-corrected chi connectivity index (χ0v) is 18.2. The van der Waals surface area contributed by atoms with Gasteiger partial charge in [-0.2, -0.15) is 0 Å². The fraction of sp³-hybridized carbons (Fsp3) is 0.143. The molecule has 0 atom stereocenters. The van der Waals surface area contributed by atoms with E-state index in [1.165, 1.54) is 16.7 Å². The van der Waals surface area contributed by atoms with E-state index in [4.69, 9.17) is 0 Å². The van der Waals surface area contributed by atoms with Crippen LogP contribution in [-0.2, 0) is 21.2 Å². The van der Waals surface area contributed by atoms with E-state index in [9.17, 15) is 18.0 Å². The molecule has 150 valence electrons. The maximum absolute atomic E-state index is 13.1. The van der Waals surface area contributed by atoms with E-state index in [1.54, 1.807) is 56.3 Å². The Morgan fingerprint density at radius 1 is 1.03 bits per heavy atom. The molecule has 0 bridgehead atoms. The van der Waals surface area contributed by atoms with Crippen molar-refractivity contribution in [3.8, 4) is 0 Å². The Labute approximate surface area is 177 Å². The number of nitrogens with zero attached hydrogens (tertiary/aromatic N) is 1. The lowest BCUT2D eigenvalue weighted by Crippen LogP contribution is -2.33. The molecule has 1 N–H and O–H groups in total. The van der Waals surface area contributed by atoms with Crippen molar-refractivity contribution in [1.82, 2.24) is 4.57 Å². The number of hydrogen-bond donors (Lipinski definition) is 1. The van der Waals surface area contributed by atoms with Gasteiger partial charge in [-0.15, -0.1) is 0 Å². The second kappa shape index (κ2) is 8.34. The van der Waals surface area contributed by atoms with Crippen LogP contribution in [0, 0.1) is 13.8 Å². The van der Waals surface area contributed by atoms with Crippen LogP contribution >= 0.6 is 15.9 Å². The molecular formula is C21H19BrN2O4S. The second-order valence-electron chi connectivity index (χ2n) is 6.56. The first-order valence-corrected chi connectivity index (χ1v) is 11.0. The van der Waals surface area contributed by atoms with Gasteiger partial charge < -0.3 is 9.88 Å². The van der Waals surface area contributed by atoms with Gasteiger partial charge in [-0.1, -0.05) is 40.2 Å². The summed E-state index contributed by atoms with van der Waals surface area (Å²) >= 11 is 3.33. The summed E-state index contributed by atoms with van der Waals surface area (Å²) in [7, 11) is -4.01. The lowest BCUT2D eigenvalue weighted by Gasteiger charge is -2.15. The molecule has 6 nitrogen and oxygen atoms in total. The van der Waals surface area contributed by atoms with Gasteiger partial charge in [0, 0.05) is 15.9 Å². The Bertz CT molecular complexity index is 1240. The third kappa shape index (κ3) is 4.49. The van der Waals surface area contributed by atoms with Crippen LogP contribution in [0.5, 0.6) is 0 Å². The van der Waals surface area contributed by atoms with Crippen molar-refractivity contribution < 1.29 is 13.2 Å². The standard InChI is InChI=1S/C21H19BrN2O4S/c1-14-11-15(2)24(13-19(25)23-17-8-6-7-16(22)12-17)21(26)20(14)29(27,28)18-9-4-3-5-10-18/h3-12H,13H2,1-2H3,(H,23,25). The van der Waals surface area contributed by atoms with Gasteiger partial charge in [0.2, 0.25) is 15.7 Å². The molecule has 29 heavy (non-hydrogen) atoms. The second-order valence-corrected chi connectivity index (χ2v) is 9.37. The summed E-state index contributed by atoms with van der Waals surface area (Å²) in [5, 5.41) is 2.71. The predicted molar refractivity (Wildman–Crippen MR) is 115 cm³/mol. The van der Waals surface area contributed by atoms with E-state index in [-0.39, 0.29) is 16.3 Å². The van der Waals surface area contributed by atoms with Gasteiger partial charge in [0.05, 0.1) is 4.90 Å². The van der Waals surface area contributed by atoms with Crippen molar-refractivity contribution in [2.75, 3.05) is 5.32 Å². The zero-order valence-electron chi connectivity index (χ0n) is 15.8. The maximum Gasteiger partial charge on any atom is 0.270 e. The molecule has 1 aromatic heterocycles. The highest BCUT2D eigenvalue weighted by Gasteiger charge is 2.26. The molecule has 0 aliphatic rings. The number of carbonyl (C=O) groups is 1. The summed E-state index contributed by atoms with van der Waals surface area (Å²) in [5.41, 5.74) is 0.707. The Balaban J connectivity index is 2.00. The van der Waals surface area contributed by atoms with Crippen molar-refractivity contribution in [3.05, 3.63) is 86.7 Å². The Morgan fingerprint density at radius 3 is 2.38 bits per heavy atom. The fourth-order valence-corrected chi connectivity index (χ4v) is 5.03. The summed E-state index contributed by atoms with van der Waals surface area (Å²) in [6, 6.07) is 16.4. The lowest BCUT2D eigenvalue weighted by atomic mass is 10.2. The molecule has 1 heterocycles. The molecule has 0 aliphatic heterocycles. The average molecular weight is 475 g/mol. The first kappa shape index (κ1) is 21.0. The Hall–Kier alpha value is -2.71. The predicted octanol–water partition coefficient (Wildman–Crippen LogP) is 3.70. The number of benzene rings is 2. The van der Waals surface area contributed by atoms with E-state index in [2.05, 4.69) is 21.2 Å². The molecule has 0 saturated carbocycles. The summed E-state index contributed by atoms with van der Waals surface area (Å²) in [6.07, 6.45) is 0. The molecule has 0 spiro atoms. The van der Waals surface area contributed by atoms with Gasteiger partial charge in [0.1, 0.15) is 11.4 Å². The van der Waals surface area contributed by atoms with E-state index >= 15 is 0 Å². The van der Waals surface area contributed by atoms with Crippen molar-refractivity contribution >= 4 is 37.4 Å². The highest BCUT2D eigenvalue weighted by molar-refractivity contribution is 9.10. The minimum atomic E-state index is -4.01. The van der Waals surface area contributed by atoms with E-state index in [0.29, 0.717) is 16.9 Å². The summed E-state index contributed by atoms with van der Waals surface area (Å²) in [5.74, 6) is -0.430. The van der Waals surface area contributed by atoms with Crippen LogP contribution in [-0.4, -0.2) is 18.9 Å². The first-order chi connectivity index (χ1) is 13.7. The highest BCUT2D eigenvalue weighted by Crippen LogP contribution is 2.21. The van der Waals surface area contributed by atoms with Crippen LogP contribution in [0.3, 0.4) is 0 Å². The monoisotopic (exact) mass is 474 g/mol. The summed E-state index contributed by atoms with van der Waals surface area (Å²) in [4.78, 5) is 25.3. The smallest absolute Gasteiger partial charge is 0.270 e. The van der Waals surface area contributed by atoms with Crippen LogP contribution < -0.4 is 10.9 Å². The van der Waals surface area contributed by atoms with Gasteiger partial charge in [-0.05, 0) is 55.8 Å². The molecule has 8 heteroatoms. The number of halogens is 1. The maximum atomic E-state index is 13.1. The molecule has 0 saturated heterocycles. The molecule has 0 aliphatic carbocycles. The van der Waals surface area contributed by atoms with Crippen molar-refractivity contribution in [1.29, 1.82) is 0 Å². The van der Waals surface area contributed by atoms with Gasteiger partial charge >= 0.3 is 0 Å². The van der Waals surface area contributed by atoms with Crippen LogP contribution in [0.15, 0.2) is 79.7 Å². The largest absolute Gasteiger partial charge is 0.324 e. The molecule has 1 amide bonds. The quantitative estimate of drug-likeness (QED) is 0.610. The van der Waals surface area contributed by atoms with Crippen molar-refractivity contribution in [2.45, 2.75) is 30.2 Å². The number of nitrogens with one attached hydrogen (secondary N) is 1. The van der Waals surface area contributed by atoms with Crippen LogP contribution in [0.4, 0.5) is 5.69 Å². The van der Waals surface area contributed by atoms with Crippen LogP contribution in [0.1, 0.15) is 11.3 Å². The number of sulfone groups is 1. The Kier molecular flexibility index (Phi) is 6.04. The van der Waals surface area contributed by atoms with Crippen LogP contribution in [0.2, 0.25) is 0 Å². The van der Waals surface area contributed by atoms with Crippen molar-refractivity contribution in [2.24, 2.45) is 0 Å². The number of carbonyl (C=O) groups excluding carboxylic acids is 1. The highest BCUT2D eigenvalue weighted by atomic mass is 79.9. The summed E-state index contributed by atoms with van der Waals surface area (Å²) in [6.45, 7) is 2.95. The molecule has 2 aromatic carbocycles. The number of amides is 1. The number of rotatable bonds is 5. The molecule has 0 radical (unpaired) electrons. The third-order valence-corrected chi connectivity index (χ3v) is 6.80. The van der Waals surface area contributed by atoms with Gasteiger partial charge in [-0.3, -0.25) is 9.59 Å². The zero-order chi connectivity index (χ0) is 21.2. The molecule has 3 aromatic rings. The topological polar surface area (TPSA) is 85.2 Å². The van der Waals surface area contributed by atoms with Gasteiger partial charge in [-0.25, -0.2) is 8.42 Å². The first-order valence-electron chi connectivity index (χ1n) is 8.77. The summed E-state index contributed by atoms with van der Waals surface area (Å²) < 4.78 is 28.0. The SMILES string of the molecule is Cc1cc(C)n(CC(=O)Nc2cccc(Br)c2)c(=O)c1S(=O)(=O)c1ccccc1. The number of aromatic nitrogens is 1. The van der Waals surface area contributed by atoms with Gasteiger partial charge in [0.15, 0.2) is 0 Å². The number of pyridine rings is 1. The minimum absolute atomic E-state index is 0.0363. The van der Waals surface area contributed by atoms with E-state index in [1.807, 2.05) is 6.07 Å².